The summed E-state index contributed by atoms with van der Waals surface area (Å²) in [5.41, 5.74) is 0. The van der Waals surface area contributed by atoms with Gasteiger partial charge < -0.3 is 5.32 Å². The molecule has 1 aromatic heterocycles. The van der Waals surface area contributed by atoms with Crippen molar-refractivity contribution in [1.82, 2.24) is 20.1 Å². The van der Waals surface area contributed by atoms with E-state index in [-0.39, 0.29) is 0 Å². The van der Waals surface area contributed by atoms with Crippen LogP contribution in [0.1, 0.15) is 33.7 Å². The fourth-order valence-corrected chi connectivity index (χ4v) is 1.54. The maximum absolute atomic E-state index is 4.20. The van der Waals surface area contributed by atoms with Crippen LogP contribution in [0.2, 0.25) is 0 Å². The van der Waals surface area contributed by atoms with Crippen LogP contribution in [-0.2, 0) is 0 Å². The van der Waals surface area contributed by atoms with E-state index in [2.05, 4.69) is 43.1 Å². The normalized spacial score (nSPS) is 13.7. The lowest BCUT2D eigenvalue weighted by Crippen LogP contribution is -2.31. The second kappa shape index (κ2) is 5.85. The fraction of sp³-hybridized carbons (Fsp3) is 0.818. The van der Waals surface area contributed by atoms with Gasteiger partial charge in [-0.2, -0.15) is 5.10 Å². The first-order valence-electron chi connectivity index (χ1n) is 5.66. The average Bonchev–Trinajstić information content (AvgIpc) is 2.63. The monoisotopic (exact) mass is 210 g/mol. The van der Waals surface area contributed by atoms with Crippen LogP contribution in [0.15, 0.2) is 12.7 Å². The minimum atomic E-state index is 0.395. The van der Waals surface area contributed by atoms with Crippen molar-refractivity contribution >= 4 is 0 Å². The highest BCUT2D eigenvalue weighted by atomic mass is 15.3. The number of aromatic nitrogens is 3. The molecule has 1 atom stereocenters. The summed E-state index contributed by atoms with van der Waals surface area (Å²) in [5, 5.41) is 7.67. The number of hydrogen-bond acceptors (Lipinski definition) is 3. The lowest BCUT2D eigenvalue weighted by atomic mass is 10.0. The predicted octanol–water partition coefficient (Wildman–Crippen LogP) is 1.72. The largest absolute Gasteiger partial charge is 0.314 e. The highest BCUT2D eigenvalue weighted by molar-refractivity contribution is 4.74. The Balaban J connectivity index is 2.45. The van der Waals surface area contributed by atoms with E-state index in [9.17, 15) is 0 Å². The van der Waals surface area contributed by atoms with E-state index in [1.807, 2.05) is 4.68 Å². The molecule has 0 spiro atoms. The van der Waals surface area contributed by atoms with Gasteiger partial charge in [-0.1, -0.05) is 27.7 Å². The molecule has 0 aromatic carbocycles. The minimum Gasteiger partial charge on any atom is -0.314 e. The lowest BCUT2D eigenvalue weighted by Gasteiger charge is -2.21. The molecule has 15 heavy (non-hydrogen) atoms. The molecule has 0 saturated carbocycles. The molecular formula is C11H22N4. The molecule has 0 radical (unpaired) electrons. The molecule has 4 nitrogen and oxygen atoms in total. The highest BCUT2D eigenvalue weighted by Crippen LogP contribution is 2.14. The molecule has 1 aromatic rings. The molecule has 0 aliphatic carbocycles. The van der Waals surface area contributed by atoms with Crippen LogP contribution in [0.5, 0.6) is 0 Å². The zero-order valence-corrected chi connectivity index (χ0v) is 10.1. The molecule has 0 amide bonds. The van der Waals surface area contributed by atoms with Gasteiger partial charge in [0.15, 0.2) is 0 Å². The van der Waals surface area contributed by atoms with Crippen LogP contribution >= 0.6 is 0 Å². The molecule has 1 N–H and O–H groups in total. The standard InChI is InChI=1S/C11H22N4/c1-9(2)5-12-6-11(10(3)4)15-8-13-7-14-15/h7-12H,5-6H2,1-4H3. The second-order valence-electron chi connectivity index (χ2n) is 4.74. The van der Waals surface area contributed by atoms with Crippen molar-refractivity contribution in [1.29, 1.82) is 0 Å². The summed E-state index contributed by atoms with van der Waals surface area (Å²) in [6.45, 7) is 10.9. The van der Waals surface area contributed by atoms with Gasteiger partial charge >= 0.3 is 0 Å². The Morgan fingerprint density at radius 3 is 2.40 bits per heavy atom. The Labute approximate surface area is 92.1 Å². The molecule has 0 bridgehead atoms. The van der Waals surface area contributed by atoms with Crippen LogP contribution in [0, 0.1) is 11.8 Å². The Morgan fingerprint density at radius 2 is 1.93 bits per heavy atom. The van der Waals surface area contributed by atoms with Crippen molar-refractivity contribution in [3.8, 4) is 0 Å². The van der Waals surface area contributed by atoms with Crippen molar-refractivity contribution in [3.63, 3.8) is 0 Å². The molecule has 0 saturated heterocycles. The van der Waals surface area contributed by atoms with Gasteiger partial charge in [0.2, 0.25) is 0 Å². The number of nitrogens with one attached hydrogen (secondary N) is 1. The fourth-order valence-electron chi connectivity index (χ4n) is 1.54. The molecule has 0 fully saturated rings. The average molecular weight is 210 g/mol. The number of rotatable bonds is 6. The smallest absolute Gasteiger partial charge is 0.137 e. The highest BCUT2D eigenvalue weighted by Gasteiger charge is 2.15. The summed E-state index contributed by atoms with van der Waals surface area (Å²) in [7, 11) is 0. The van der Waals surface area contributed by atoms with Gasteiger partial charge in [0.1, 0.15) is 12.7 Å². The summed E-state index contributed by atoms with van der Waals surface area (Å²) in [6, 6.07) is 0.395. The lowest BCUT2D eigenvalue weighted by molar-refractivity contribution is 0.324. The second-order valence-corrected chi connectivity index (χ2v) is 4.74. The number of nitrogens with zero attached hydrogens (tertiary/aromatic N) is 3. The molecule has 0 aliphatic heterocycles. The van der Waals surface area contributed by atoms with E-state index in [0.717, 1.165) is 13.1 Å². The van der Waals surface area contributed by atoms with Gasteiger partial charge in [0.25, 0.3) is 0 Å². The summed E-state index contributed by atoms with van der Waals surface area (Å²) in [6.07, 6.45) is 3.39. The van der Waals surface area contributed by atoms with Crippen LogP contribution in [0.25, 0.3) is 0 Å². The van der Waals surface area contributed by atoms with Crippen molar-refractivity contribution in [2.24, 2.45) is 11.8 Å². The predicted molar refractivity (Wildman–Crippen MR) is 61.6 cm³/mol. The summed E-state index contributed by atoms with van der Waals surface area (Å²) < 4.78 is 1.94. The third-order valence-corrected chi connectivity index (χ3v) is 2.45. The van der Waals surface area contributed by atoms with E-state index in [1.54, 1.807) is 12.7 Å². The number of hydrogen-bond donors (Lipinski definition) is 1. The van der Waals surface area contributed by atoms with E-state index < -0.39 is 0 Å². The summed E-state index contributed by atoms with van der Waals surface area (Å²) >= 11 is 0. The molecular weight excluding hydrogens is 188 g/mol. The first kappa shape index (κ1) is 12.2. The van der Waals surface area contributed by atoms with Gasteiger partial charge in [-0.3, -0.25) is 0 Å². The van der Waals surface area contributed by atoms with Gasteiger partial charge in [0.05, 0.1) is 6.04 Å². The zero-order chi connectivity index (χ0) is 11.3. The quantitative estimate of drug-likeness (QED) is 0.777. The van der Waals surface area contributed by atoms with Crippen LogP contribution < -0.4 is 5.32 Å². The maximum atomic E-state index is 4.20. The van der Waals surface area contributed by atoms with Gasteiger partial charge in [-0.05, 0) is 18.4 Å². The third kappa shape index (κ3) is 4.00. The first-order chi connectivity index (χ1) is 7.11. The van der Waals surface area contributed by atoms with E-state index in [1.165, 1.54) is 0 Å². The van der Waals surface area contributed by atoms with Gasteiger partial charge in [0, 0.05) is 6.54 Å². The van der Waals surface area contributed by atoms with Crippen LogP contribution in [0.3, 0.4) is 0 Å². The van der Waals surface area contributed by atoms with Crippen LogP contribution in [-0.4, -0.2) is 27.9 Å². The molecule has 86 valence electrons. The Hall–Kier alpha value is -0.900. The van der Waals surface area contributed by atoms with E-state index >= 15 is 0 Å². The van der Waals surface area contributed by atoms with Crippen molar-refractivity contribution in [2.45, 2.75) is 33.7 Å². The molecule has 1 heterocycles. The Bertz CT molecular complexity index is 254. The SMILES string of the molecule is CC(C)CNCC(C(C)C)n1cncn1. The first-order valence-corrected chi connectivity index (χ1v) is 5.66. The van der Waals surface area contributed by atoms with E-state index in [0.29, 0.717) is 17.9 Å². The molecule has 0 aliphatic rings. The Kier molecular flexibility index (Phi) is 4.75. The van der Waals surface area contributed by atoms with Gasteiger partial charge in [-0.25, -0.2) is 9.67 Å². The van der Waals surface area contributed by atoms with Crippen molar-refractivity contribution in [2.75, 3.05) is 13.1 Å². The molecule has 4 heteroatoms. The third-order valence-electron chi connectivity index (χ3n) is 2.45. The Morgan fingerprint density at radius 1 is 1.20 bits per heavy atom. The zero-order valence-electron chi connectivity index (χ0n) is 10.1. The molecule has 1 unspecified atom stereocenters. The van der Waals surface area contributed by atoms with Crippen molar-refractivity contribution < 1.29 is 0 Å². The minimum absolute atomic E-state index is 0.395. The van der Waals surface area contributed by atoms with Crippen molar-refractivity contribution in [3.05, 3.63) is 12.7 Å². The van der Waals surface area contributed by atoms with Crippen LogP contribution in [0.4, 0.5) is 0 Å². The van der Waals surface area contributed by atoms with Gasteiger partial charge in [-0.15, -0.1) is 0 Å². The maximum Gasteiger partial charge on any atom is 0.137 e. The summed E-state index contributed by atoms with van der Waals surface area (Å²) in [4.78, 5) is 3.99. The van der Waals surface area contributed by atoms with E-state index in [4.69, 9.17) is 0 Å². The summed E-state index contributed by atoms with van der Waals surface area (Å²) in [5.74, 6) is 1.25. The molecule has 1 rings (SSSR count). The topological polar surface area (TPSA) is 42.7 Å².